The van der Waals surface area contributed by atoms with Gasteiger partial charge in [-0.15, -0.1) is 0 Å². The van der Waals surface area contributed by atoms with Gasteiger partial charge >= 0.3 is 0 Å². The van der Waals surface area contributed by atoms with E-state index in [2.05, 4.69) is 15.5 Å². The number of nitrogens with one attached hydrogen (secondary N) is 1. The van der Waals surface area contributed by atoms with Gasteiger partial charge in [-0.05, 0) is 25.1 Å². The summed E-state index contributed by atoms with van der Waals surface area (Å²) in [6.45, 7) is 1.64. The van der Waals surface area contributed by atoms with E-state index in [1.807, 2.05) is 24.3 Å². The zero-order chi connectivity index (χ0) is 21.5. The second kappa shape index (κ2) is 9.60. The molecule has 0 radical (unpaired) electrons. The maximum absolute atomic E-state index is 12.4. The maximum Gasteiger partial charge on any atom is 0.280 e. The Morgan fingerprint density at radius 3 is 2.43 bits per heavy atom. The molecule has 0 unspecified atom stereocenters. The molecule has 30 heavy (non-hydrogen) atoms. The minimum absolute atomic E-state index is 0.404. The number of nitrogens with zero attached hydrogens (tertiary/aromatic N) is 2. The Hall–Kier alpha value is -3.81. The molecule has 0 saturated heterocycles. The normalized spacial score (nSPS) is 11.9. The molecule has 156 valence electrons. The standard InChI is InChI=1S/C22H23N3O5/c1-14(30-17-9-5-7-15-8-6-10-23-21(15)17)22(26)25-24-13-16-11-19(28-3)20(29-4)12-18(16)27-2/h5-14H,1-4H3,(H,25,26)/t14-/m1/s1. The first kappa shape index (κ1) is 20.9. The lowest BCUT2D eigenvalue weighted by atomic mass is 10.2. The summed E-state index contributed by atoms with van der Waals surface area (Å²) >= 11 is 0. The molecule has 3 rings (SSSR count). The smallest absolute Gasteiger partial charge is 0.280 e. The van der Waals surface area contributed by atoms with Crippen molar-refractivity contribution in [3.05, 3.63) is 54.2 Å². The van der Waals surface area contributed by atoms with Gasteiger partial charge in [0.15, 0.2) is 17.6 Å². The van der Waals surface area contributed by atoms with Crippen LogP contribution in [-0.4, -0.2) is 44.5 Å². The second-order valence-corrected chi connectivity index (χ2v) is 6.27. The van der Waals surface area contributed by atoms with Crippen LogP contribution in [-0.2, 0) is 4.79 Å². The van der Waals surface area contributed by atoms with Gasteiger partial charge in [-0.2, -0.15) is 5.10 Å². The summed E-state index contributed by atoms with van der Waals surface area (Å²) in [5.74, 6) is 1.70. The Bertz CT molecular complexity index is 1060. The van der Waals surface area contributed by atoms with E-state index in [0.29, 0.717) is 34.1 Å². The average Bonchev–Trinajstić information content (AvgIpc) is 2.78. The van der Waals surface area contributed by atoms with Gasteiger partial charge in [0.1, 0.15) is 17.0 Å². The van der Waals surface area contributed by atoms with Crippen LogP contribution < -0.4 is 24.4 Å². The lowest BCUT2D eigenvalue weighted by molar-refractivity contribution is -0.127. The van der Waals surface area contributed by atoms with Crippen LogP contribution in [0.3, 0.4) is 0 Å². The molecule has 0 aliphatic heterocycles. The molecule has 1 atom stereocenters. The van der Waals surface area contributed by atoms with Crippen LogP contribution in [0.2, 0.25) is 0 Å². The largest absolute Gasteiger partial charge is 0.496 e. The fraction of sp³-hybridized carbons (Fsp3) is 0.227. The molecule has 3 aromatic rings. The number of ether oxygens (including phenoxy) is 4. The van der Waals surface area contributed by atoms with E-state index in [1.54, 1.807) is 31.3 Å². The number of aromatic nitrogens is 1. The number of carbonyl (C=O) groups is 1. The number of hydrogen-bond donors (Lipinski definition) is 1. The summed E-state index contributed by atoms with van der Waals surface area (Å²) in [5, 5.41) is 4.94. The molecule has 1 heterocycles. The van der Waals surface area contributed by atoms with Crippen LogP contribution in [0.1, 0.15) is 12.5 Å². The lowest BCUT2D eigenvalue weighted by Crippen LogP contribution is -2.33. The van der Waals surface area contributed by atoms with E-state index in [1.165, 1.54) is 27.5 Å². The summed E-state index contributed by atoms with van der Waals surface area (Å²) in [7, 11) is 4.61. The molecule has 0 aliphatic carbocycles. The van der Waals surface area contributed by atoms with Crippen LogP contribution in [0.5, 0.6) is 23.0 Å². The maximum atomic E-state index is 12.4. The number of benzene rings is 2. The predicted molar refractivity (Wildman–Crippen MR) is 114 cm³/mol. The van der Waals surface area contributed by atoms with Crippen molar-refractivity contribution in [3.8, 4) is 23.0 Å². The molecule has 0 aliphatic rings. The number of rotatable bonds is 8. The summed E-state index contributed by atoms with van der Waals surface area (Å²) in [5.41, 5.74) is 3.78. The van der Waals surface area contributed by atoms with Crippen molar-refractivity contribution in [1.29, 1.82) is 0 Å². The van der Waals surface area contributed by atoms with E-state index in [9.17, 15) is 4.79 Å². The number of hydrazone groups is 1. The van der Waals surface area contributed by atoms with Crippen molar-refractivity contribution in [3.63, 3.8) is 0 Å². The second-order valence-electron chi connectivity index (χ2n) is 6.27. The van der Waals surface area contributed by atoms with Crippen molar-refractivity contribution in [2.75, 3.05) is 21.3 Å². The molecule has 2 aromatic carbocycles. The zero-order valence-corrected chi connectivity index (χ0v) is 17.2. The van der Waals surface area contributed by atoms with Crippen molar-refractivity contribution in [1.82, 2.24) is 10.4 Å². The number of carbonyl (C=O) groups excluding carboxylic acids is 1. The monoisotopic (exact) mass is 409 g/mol. The molecule has 1 N–H and O–H groups in total. The molecule has 8 nitrogen and oxygen atoms in total. The molecule has 0 saturated carbocycles. The molecular weight excluding hydrogens is 386 g/mol. The molecule has 1 amide bonds. The summed E-state index contributed by atoms with van der Waals surface area (Å²) in [6, 6.07) is 12.7. The van der Waals surface area contributed by atoms with Crippen LogP contribution >= 0.6 is 0 Å². The summed E-state index contributed by atoms with van der Waals surface area (Å²) in [4.78, 5) is 16.7. The van der Waals surface area contributed by atoms with Crippen LogP contribution in [0.4, 0.5) is 0 Å². The highest BCUT2D eigenvalue weighted by Crippen LogP contribution is 2.33. The molecule has 0 bridgehead atoms. The minimum Gasteiger partial charge on any atom is -0.496 e. The molecule has 0 spiro atoms. The van der Waals surface area contributed by atoms with Gasteiger partial charge in [-0.3, -0.25) is 9.78 Å². The van der Waals surface area contributed by atoms with E-state index >= 15 is 0 Å². The van der Waals surface area contributed by atoms with Gasteiger partial charge in [-0.25, -0.2) is 5.43 Å². The Balaban J connectivity index is 1.70. The summed E-state index contributed by atoms with van der Waals surface area (Å²) < 4.78 is 21.7. The number of pyridine rings is 1. The summed E-state index contributed by atoms with van der Waals surface area (Å²) in [6.07, 6.45) is 2.37. The van der Waals surface area contributed by atoms with Gasteiger partial charge in [0, 0.05) is 23.2 Å². The third kappa shape index (κ3) is 4.60. The molecule has 0 fully saturated rings. The van der Waals surface area contributed by atoms with Crippen molar-refractivity contribution in [2.45, 2.75) is 13.0 Å². The number of methoxy groups -OCH3 is 3. The fourth-order valence-electron chi connectivity index (χ4n) is 2.83. The van der Waals surface area contributed by atoms with Gasteiger partial charge in [0.05, 0.1) is 27.5 Å². The Kier molecular flexibility index (Phi) is 6.69. The average molecular weight is 409 g/mol. The van der Waals surface area contributed by atoms with Gasteiger partial charge in [-0.1, -0.05) is 18.2 Å². The van der Waals surface area contributed by atoms with Gasteiger partial charge in [0.25, 0.3) is 5.91 Å². The first-order valence-electron chi connectivity index (χ1n) is 9.20. The van der Waals surface area contributed by atoms with Crippen molar-refractivity contribution in [2.24, 2.45) is 5.10 Å². The highest BCUT2D eigenvalue weighted by Gasteiger charge is 2.16. The highest BCUT2D eigenvalue weighted by atomic mass is 16.5. The molecule has 1 aromatic heterocycles. The third-order valence-electron chi connectivity index (χ3n) is 4.38. The van der Waals surface area contributed by atoms with Crippen LogP contribution in [0.15, 0.2) is 53.8 Å². The fourth-order valence-corrected chi connectivity index (χ4v) is 2.83. The number of hydrogen-bond acceptors (Lipinski definition) is 7. The molecular formula is C22H23N3O5. The van der Waals surface area contributed by atoms with Crippen molar-refractivity contribution < 1.29 is 23.7 Å². The van der Waals surface area contributed by atoms with Gasteiger partial charge < -0.3 is 18.9 Å². The number of para-hydroxylation sites is 1. The zero-order valence-electron chi connectivity index (χ0n) is 17.2. The topological polar surface area (TPSA) is 91.3 Å². The minimum atomic E-state index is -0.776. The van der Waals surface area contributed by atoms with Gasteiger partial charge in [0.2, 0.25) is 0 Å². The van der Waals surface area contributed by atoms with E-state index < -0.39 is 12.0 Å². The Labute approximate surface area is 174 Å². The first-order valence-corrected chi connectivity index (χ1v) is 9.20. The van der Waals surface area contributed by atoms with E-state index in [0.717, 1.165) is 5.39 Å². The van der Waals surface area contributed by atoms with E-state index in [-0.39, 0.29) is 0 Å². The van der Waals surface area contributed by atoms with Crippen LogP contribution in [0, 0.1) is 0 Å². The number of fused-ring (bicyclic) bond motifs is 1. The third-order valence-corrected chi connectivity index (χ3v) is 4.38. The quantitative estimate of drug-likeness (QED) is 0.454. The van der Waals surface area contributed by atoms with Crippen molar-refractivity contribution >= 4 is 23.0 Å². The lowest BCUT2D eigenvalue weighted by Gasteiger charge is -2.14. The predicted octanol–water partition coefficient (Wildman–Crippen LogP) is 3.18. The van der Waals surface area contributed by atoms with Crippen LogP contribution in [0.25, 0.3) is 10.9 Å². The molecule has 8 heteroatoms. The Morgan fingerprint density at radius 1 is 1.00 bits per heavy atom. The van der Waals surface area contributed by atoms with E-state index in [4.69, 9.17) is 18.9 Å². The highest BCUT2D eigenvalue weighted by molar-refractivity contribution is 5.88. The Morgan fingerprint density at radius 2 is 1.70 bits per heavy atom. The number of amides is 1. The first-order chi connectivity index (χ1) is 14.6. The SMILES string of the molecule is COc1cc(OC)c(OC)cc1C=NNC(=O)[C@@H](C)Oc1cccc2cccnc12.